The van der Waals surface area contributed by atoms with Gasteiger partial charge in [-0.25, -0.2) is 4.39 Å². The van der Waals surface area contributed by atoms with Crippen molar-refractivity contribution in [2.24, 2.45) is 5.16 Å². The summed E-state index contributed by atoms with van der Waals surface area (Å²) >= 11 is -1.75. The molecular weight excluding hydrogens is 449 g/mol. The van der Waals surface area contributed by atoms with E-state index in [1.165, 1.54) is 16.7 Å². The molecule has 5 nitrogen and oxygen atoms in total. The molecule has 1 aliphatic carbocycles. The molecule has 3 aromatic rings. The molecule has 2 aromatic carbocycles. The first-order valence-corrected chi connectivity index (χ1v) is 12.8. The number of aryl methyl sites for hydroxylation is 3. The van der Waals surface area contributed by atoms with Gasteiger partial charge in [-0.05, 0) is 74.8 Å². The van der Waals surface area contributed by atoms with Crippen molar-refractivity contribution in [1.82, 2.24) is 10.3 Å². The van der Waals surface area contributed by atoms with Crippen molar-refractivity contribution in [3.63, 3.8) is 0 Å². The zero-order chi connectivity index (χ0) is 23.8. The van der Waals surface area contributed by atoms with Crippen molar-refractivity contribution in [2.75, 3.05) is 6.61 Å². The fourth-order valence-electron chi connectivity index (χ4n) is 4.41. The second-order valence-electron chi connectivity index (χ2n) is 9.24. The van der Waals surface area contributed by atoms with E-state index in [4.69, 9.17) is 4.84 Å². The average Bonchev–Trinajstić information content (AvgIpc) is 3.66. The first-order chi connectivity index (χ1) is 16.4. The Morgan fingerprint density at radius 2 is 1.94 bits per heavy atom. The summed E-state index contributed by atoms with van der Waals surface area (Å²) in [6.45, 7) is 6.48. The number of halogens is 1. The molecule has 0 saturated heterocycles. The molecule has 1 aromatic heterocycles. The maximum Gasteiger partial charge on any atom is 0.194 e. The van der Waals surface area contributed by atoms with Gasteiger partial charge in [0.15, 0.2) is 21.4 Å². The lowest BCUT2D eigenvalue weighted by Crippen LogP contribution is -2.44. The van der Waals surface area contributed by atoms with Crippen LogP contribution in [0.1, 0.15) is 52.3 Å². The molecule has 1 saturated carbocycles. The lowest BCUT2D eigenvalue weighted by molar-refractivity contribution is 0.109. The number of oxime groups is 1. The predicted octanol–water partition coefficient (Wildman–Crippen LogP) is 5.08. The van der Waals surface area contributed by atoms with E-state index in [1.54, 1.807) is 24.4 Å². The molecule has 2 aliphatic rings. The maximum atomic E-state index is 15.2. The van der Waals surface area contributed by atoms with Gasteiger partial charge in [0.25, 0.3) is 0 Å². The summed E-state index contributed by atoms with van der Waals surface area (Å²) in [6, 6.07) is 13.4. The molecule has 0 bridgehead atoms. The van der Waals surface area contributed by atoms with E-state index in [9.17, 15) is 4.55 Å². The molecule has 2 unspecified atom stereocenters. The van der Waals surface area contributed by atoms with Crippen LogP contribution in [0.15, 0.2) is 63.6 Å². The van der Waals surface area contributed by atoms with Crippen LogP contribution in [0.4, 0.5) is 4.39 Å². The highest BCUT2D eigenvalue weighted by molar-refractivity contribution is 7.91. The van der Waals surface area contributed by atoms with Crippen molar-refractivity contribution in [2.45, 2.75) is 61.8 Å². The van der Waals surface area contributed by atoms with E-state index >= 15 is 4.39 Å². The van der Waals surface area contributed by atoms with Gasteiger partial charge in [0.2, 0.25) is 0 Å². The van der Waals surface area contributed by atoms with Gasteiger partial charge in [0.1, 0.15) is 6.61 Å². The Morgan fingerprint density at radius 3 is 2.71 bits per heavy atom. The van der Waals surface area contributed by atoms with Gasteiger partial charge in [-0.2, -0.15) is 0 Å². The number of pyridine rings is 1. The summed E-state index contributed by atoms with van der Waals surface area (Å²) in [4.78, 5) is 10.5. The third kappa shape index (κ3) is 4.68. The summed E-state index contributed by atoms with van der Waals surface area (Å²) in [5, 5.41) is 7.69. The molecule has 5 rings (SSSR count). The quantitative estimate of drug-likeness (QED) is 0.503. The fraction of sp³-hybridized carbons (Fsp3) is 0.333. The molecule has 1 N–H and O–H groups in total. The molecule has 1 aliphatic heterocycles. The summed E-state index contributed by atoms with van der Waals surface area (Å²) in [5.41, 5.74) is 5.72. The van der Waals surface area contributed by atoms with Gasteiger partial charge < -0.3 is 14.7 Å². The third-order valence-corrected chi connectivity index (χ3v) is 7.85. The average molecular weight is 478 g/mol. The minimum Gasteiger partial charge on any atom is -0.606 e. The van der Waals surface area contributed by atoms with E-state index in [-0.39, 0.29) is 22.7 Å². The lowest BCUT2D eigenvalue weighted by Gasteiger charge is -2.26. The number of hydrogen-bond acceptors (Lipinski definition) is 5. The van der Waals surface area contributed by atoms with E-state index in [1.807, 2.05) is 13.0 Å². The number of rotatable bonds is 6. The van der Waals surface area contributed by atoms with Gasteiger partial charge in [-0.15, -0.1) is 0 Å². The zero-order valence-electron chi connectivity index (χ0n) is 19.6. The second kappa shape index (κ2) is 9.39. The molecule has 0 amide bonds. The number of hydrogen-bond donors (Lipinski definition) is 1. The molecule has 7 heteroatoms. The Morgan fingerprint density at radius 1 is 1.12 bits per heavy atom. The van der Waals surface area contributed by atoms with Crippen LogP contribution in [0.25, 0.3) is 0 Å². The van der Waals surface area contributed by atoms with Gasteiger partial charge in [0, 0.05) is 16.9 Å². The summed E-state index contributed by atoms with van der Waals surface area (Å²) < 4.78 is 28.8. The van der Waals surface area contributed by atoms with Gasteiger partial charge >= 0.3 is 0 Å². The normalized spacial score (nSPS) is 18.6. The molecule has 176 valence electrons. The van der Waals surface area contributed by atoms with E-state index in [2.05, 4.69) is 47.5 Å². The lowest BCUT2D eigenvalue weighted by atomic mass is 9.99. The second-order valence-corrected chi connectivity index (χ2v) is 10.7. The molecular formula is C27H28FN3O2S. The summed E-state index contributed by atoms with van der Waals surface area (Å²) in [7, 11) is 0. The van der Waals surface area contributed by atoms with Gasteiger partial charge in [-0.3, -0.25) is 4.98 Å². The SMILES string of the molecule is Cc1ccc(CC2CON=C(c3cc(C)ncc3[S+]([O-])c3cccc(C4CC4)c3F)N2)c(C)c1. The Hall–Kier alpha value is -2.90. The summed E-state index contributed by atoms with van der Waals surface area (Å²) in [6.07, 6.45) is 4.28. The van der Waals surface area contributed by atoms with Crippen LogP contribution in [0.3, 0.4) is 0 Å². The predicted molar refractivity (Wildman–Crippen MR) is 131 cm³/mol. The first kappa shape index (κ1) is 22.9. The fourth-order valence-corrected chi connectivity index (χ4v) is 5.63. The van der Waals surface area contributed by atoms with Crippen LogP contribution in [0, 0.1) is 26.6 Å². The number of nitrogens with one attached hydrogen (secondary N) is 1. The van der Waals surface area contributed by atoms with Gasteiger partial charge in [-0.1, -0.05) is 41.1 Å². The van der Waals surface area contributed by atoms with Crippen molar-refractivity contribution < 1.29 is 13.8 Å². The van der Waals surface area contributed by atoms with Crippen LogP contribution in [0.5, 0.6) is 0 Å². The molecule has 34 heavy (non-hydrogen) atoms. The Bertz CT molecular complexity index is 1260. The minimum atomic E-state index is -1.75. The van der Waals surface area contributed by atoms with Crippen LogP contribution in [-0.4, -0.2) is 28.0 Å². The molecule has 0 spiro atoms. The first-order valence-electron chi connectivity index (χ1n) is 11.6. The van der Waals surface area contributed by atoms with Crippen LogP contribution < -0.4 is 5.32 Å². The zero-order valence-corrected chi connectivity index (χ0v) is 20.4. The highest BCUT2D eigenvalue weighted by Crippen LogP contribution is 2.42. The van der Waals surface area contributed by atoms with Crippen molar-refractivity contribution in [3.8, 4) is 0 Å². The number of amidine groups is 1. The van der Waals surface area contributed by atoms with E-state index < -0.39 is 11.2 Å². The standard InChI is InChI=1S/C27H28FN3O2S/c1-16-7-8-20(17(2)11-16)13-21-15-33-31-27(30-21)23-12-18(3)29-14-25(23)34(32)24-6-4-5-22(26(24)28)19-9-10-19/h4-8,11-12,14,19,21H,9-10,13,15H2,1-3H3,(H,30,31). The third-order valence-electron chi connectivity index (χ3n) is 6.41. The number of nitrogens with zero attached hydrogens (tertiary/aromatic N) is 2. The van der Waals surface area contributed by atoms with Crippen LogP contribution in [-0.2, 0) is 22.4 Å². The van der Waals surface area contributed by atoms with Crippen LogP contribution in [0.2, 0.25) is 0 Å². The van der Waals surface area contributed by atoms with E-state index in [0.29, 0.717) is 28.5 Å². The van der Waals surface area contributed by atoms with Crippen molar-refractivity contribution in [1.29, 1.82) is 0 Å². The van der Waals surface area contributed by atoms with Crippen molar-refractivity contribution >= 4 is 17.0 Å². The monoisotopic (exact) mass is 477 g/mol. The Kier molecular flexibility index (Phi) is 6.32. The molecule has 2 atom stereocenters. The topological polar surface area (TPSA) is 69.6 Å². The number of aromatic nitrogens is 1. The molecule has 0 radical (unpaired) electrons. The number of benzene rings is 2. The molecule has 2 heterocycles. The highest BCUT2D eigenvalue weighted by Gasteiger charge is 2.33. The van der Waals surface area contributed by atoms with Gasteiger partial charge in [0.05, 0.1) is 17.8 Å². The maximum absolute atomic E-state index is 15.2. The minimum absolute atomic E-state index is 0.00130. The Labute approximate surface area is 202 Å². The van der Waals surface area contributed by atoms with Crippen molar-refractivity contribution in [3.05, 3.63) is 88.0 Å². The summed E-state index contributed by atoms with van der Waals surface area (Å²) in [5.74, 6) is 0.349. The van der Waals surface area contributed by atoms with Crippen LogP contribution >= 0.6 is 0 Å². The Balaban J connectivity index is 1.44. The smallest absolute Gasteiger partial charge is 0.194 e. The largest absolute Gasteiger partial charge is 0.606 e. The van der Waals surface area contributed by atoms with E-state index in [0.717, 1.165) is 25.0 Å². The molecule has 1 fully saturated rings. The highest BCUT2D eigenvalue weighted by atomic mass is 32.2.